The van der Waals surface area contributed by atoms with E-state index < -0.39 is 22.0 Å². The first-order chi connectivity index (χ1) is 8.43. The minimum absolute atomic E-state index is 0.121. The highest BCUT2D eigenvalue weighted by Gasteiger charge is 2.35. The maximum absolute atomic E-state index is 12.3. The largest absolute Gasteiger partial charge is 0.548 e. The van der Waals surface area contributed by atoms with E-state index in [1.807, 2.05) is 0 Å². The van der Waals surface area contributed by atoms with E-state index in [9.17, 15) is 18.3 Å². The van der Waals surface area contributed by atoms with Crippen LogP contribution in [-0.2, 0) is 14.8 Å². The maximum atomic E-state index is 12.3. The van der Waals surface area contributed by atoms with Crippen molar-refractivity contribution < 1.29 is 18.3 Å². The number of carbonyl (C=O) groups is 1. The molecule has 7 heteroatoms. The summed E-state index contributed by atoms with van der Waals surface area (Å²) in [5, 5.41) is 10.9. The molecule has 1 heterocycles. The van der Waals surface area contributed by atoms with Gasteiger partial charge in [-0.3, -0.25) is 0 Å². The zero-order valence-electron chi connectivity index (χ0n) is 9.37. The summed E-state index contributed by atoms with van der Waals surface area (Å²) in [6, 6.07) is 5.28. The first kappa shape index (κ1) is 13.8. The summed E-state index contributed by atoms with van der Waals surface area (Å²) in [5.41, 5.74) is 0. The van der Waals surface area contributed by atoms with Gasteiger partial charge in [-0.25, -0.2) is 8.42 Å². The number of nitrogens with zero attached hydrogens (tertiary/aromatic N) is 1. The number of benzene rings is 1. The second-order valence-corrected chi connectivity index (χ2v) is 7.18. The van der Waals surface area contributed by atoms with Gasteiger partial charge in [-0.15, -0.1) is 0 Å². The second-order valence-electron chi connectivity index (χ2n) is 4.05. The Hall–Kier alpha value is -0.670. The number of rotatable bonds is 3. The third kappa shape index (κ3) is 2.52. The Bertz CT molecular complexity index is 555. The van der Waals surface area contributed by atoms with E-state index in [1.54, 1.807) is 12.1 Å². The number of carbonyl (C=O) groups excluding carboxylic acids is 1. The average Bonchev–Trinajstić information content (AvgIpc) is 2.79. The highest BCUT2D eigenvalue weighted by atomic mass is 127. The summed E-state index contributed by atoms with van der Waals surface area (Å²) in [6.07, 6.45) is 0.855. The molecule has 1 aliphatic rings. The molecule has 0 N–H and O–H groups in total. The van der Waals surface area contributed by atoms with Crippen molar-refractivity contribution in [3.05, 3.63) is 27.8 Å². The van der Waals surface area contributed by atoms with Crippen molar-refractivity contribution in [2.24, 2.45) is 0 Å². The molecule has 1 atom stereocenters. The zero-order valence-corrected chi connectivity index (χ0v) is 12.3. The smallest absolute Gasteiger partial charge is 0.243 e. The van der Waals surface area contributed by atoms with Crippen LogP contribution in [0.15, 0.2) is 29.2 Å². The van der Waals surface area contributed by atoms with Gasteiger partial charge in [0.2, 0.25) is 10.0 Å². The minimum atomic E-state index is -3.74. The van der Waals surface area contributed by atoms with Gasteiger partial charge in [0.15, 0.2) is 0 Å². The Morgan fingerprint density at radius 2 is 1.94 bits per heavy atom. The van der Waals surface area contributed by atoms with E-state index in [0.717, 1.165) is 7.88 Å². The van der Waals surface area contributed by atoms with Gasteiger partial charge in [0, 0.05) is 10.1 Å². The lowest BCUT2D eigenvalue weighted by Gasteiger charge is -2.24. The third-order valence-electron chi connectivity index (χ3n) is 2.90. The van der Waals surface area contributed by atoms with Crippen molar-refractivity contribution in [3.63, 3.8) is 0 Å². The summed E-state index contributed by atoms with van der Waals surface area (Å²) in [5.74, 6) is -1.33. The molecule has 1 aliphatic heterocycles. The number of hydrogen-bond acceptors (Lipinski definition) is 4. The van der Waals surface area contributed by atoms with E-state index in [0.29, 0.717) is 12.8 Å². The van der Waals surface area contributed by atoms with Crippen LogP contribution in [0.5, 0.6) is 0 Å². The van der Waals surface area contributed by atoms with E-state index >= 15 is 0 Å². The zero-order chi connectivity index (χ0) is 13.3. The van der Waals surface area contributed by atoms with Gasteiger partial charge in [0.25, 0.3) is 0 Å². The first-order valence-electron chi connectivity index (χ1n) is 5.41. The Morgan fingerprint density at radius 1 is 1.33 bits per heavy atom. The molecule has 0 saturated carbocycles. The topological polar surface area (TPSA) is 77.5 Å². The predicted molar refractivity (Wildman–Crippen MR) is 71.1 cm³/mol. The second kappa shape index (κ2) is 5.14. The minimum Gasteiger partial charge on any atom is -0.548 e. The summed E-state index contributed by atoms with van der Waals surface area (Å²) < 4.78 is 26.5. The summed E-state index contributed by atoms with van der Waals surface area (Å²) >= 11 is 2.08. The van der Waals surface area contributed by atoms with Gasteiger partial charge in [0.1, 0.15) is 0 Å². The Morgan fingerprint density at radius 3 is 2.50 bits per heavy atom. The molecule has 2 rings (SSSR count). The van der Waals surface area contributed by atoms with E-state index in [4.69, 9.17) is 0 Å². The first-order valence-corrected chi connectivity index (χ1v) is 7.93. The average molecular weight is 380 g/mol. The molecule has 1 aromatic carbocycles. The number of carboxylic acid groups (broad SMARTS) is 1. The lowest BCUT2D eigenvalue weighted by Crippen LogP contribution is -2.46. The molecule has 0 bridgehead atoms. The van der Waals surface area contributed by atoms with Crippen LogP contribution in [0.2, 0.25) is 0 Å². The van der Waals surface area contributed by atoms with Crippen molar-refractivity contribution in [2.75, 3.05) is 6.54 Å². The summed E-state index contributed by atoms with van der Waals surface area (Å²) in [7, 11) is -3.74. The van der Waals surface area contributed by atoms with Crippen molar-refractivity contribution >= 4 is 38.6 Å². The maximum Gasteiger partial charge on any atom is 0.243 e. The Labute approximate surface area is 119 Å². The van der Waals surface area contributed by atoms with Crippen LogP contribution in [0.25, 0.3) is 0 Å². The van der Waals surface area contributed by atoms with Crippen LogP contribution >= 0.6 is 22.6 Å². The lowest BCUT2D eigenvalue weighted by atomic mass is 10.2. The van der Waals surface area contributed by atoms with Gasteiger partial charge in [-0.05, 0) is 59.7 Å². The molecule has 1 fully saturated rings. The van der Waals surface area contributed by atoms with Crippen LogP contribution in [-0.4, -0.2) is 31.3 Å². The van der Waals surface area contributed by atoms with Crippen LogP contribution in [0.1, 0.15) is 12.8 Å². The number of sulfonamides is 1. The predicted octanol–water partition coefficient (Wildman–Crippen LogP) is 0.194. The normalized spacial score (nSPS) is 21.1. The SMILES string of the molecule is O=C([O-])[C@@H]1CCCN1S(=O)(=O)c1ccc(I)cc1. The summed E-state index contributed by atoms with van der Waals surface area (Å²) in [6.45, 7) is 0.229. The Balaban J connectivity index is 2.36. The third-order valence-corrected chi connectivity index (χ3v) is 5.54. The molecule has 98 valence electrons. The standard InChI is InChI=1S/C11H12INO4S/c12-8-3-5-9(6-4-8)18(16,17)13-7-1-2-10(13)11(14)15/h3-6,10H,1-2,7H2,(H,14,15)/p-1/t10-/m0/s1. The molecule has 18 heavy (non-hydrogen) atoms. The molecule has 1 aromatic rings. The fraction of sp³-hybridized carbons (Fsp3) is 0.364. The number of carboxylic acids is 1. The van der Waals surface area contributed by atoms with Crippen LogP contribution in [0, 0.1) is 3.57 Å². The number of halogens is 1. The molecule has 0 amide bonds. The fourth-order valence-electron chi connectivity index (χ4n) is 2.01. The van der Waals surface area contributed by atoms with Gasteiger partial charge < -0.3 is 9.90 Å². The molecule has 0 radical (unpaired) electrons. The Kier molecular flexibility index (Phi) is 3.93. The van der Waals surface area contributed by atoms with E-state index in [-0.39, 0.29) is 11.4 Å². The lowest BCUT2D eigenvalue weighted by molar-refractivity contribution is -0.309. The van der Waals surface area contributed by atoms with Crippen molar-refractivity contribution in [2.45, 2.75) is 23.8 Å². The van der Waals surface area contributed by atoms with Crippen molar-refractivity contribution in [1.29, 1.82) is 0 Å². The fourth-order valence-corrected chi connectivity index (χ4v) is 4.01. The molecule has 5 nitrogen and oxygen atoms in total. The summed E-state index contributed by atoms with van der Waals surface area (Å²) in [4.78, 5) is 11.0. The van der Waals surface area contributed by atoms with Crippen LogP contribution < -0.4 is 5.11 Å². The molecule has 0 aromatic heterocycles. The molecule has 1 saturated heterocycles. The van der Waals surface area contributed by atoms with Gasteiger partial charge in [0.05, 0.1) is 16.9 Å². The number of aliphatic carboxylic acids is 1. The highest BCUT2D eigenvalue weighted by molar-refractivity contribution is 14.1. The van der Waals surface area contributed by atoms with Crippen LogP contribution in [0.3, 0.4) is 0 Å². The molecular formula is C11H11INO4S-. The number of hydrogen-bond donors (Lipinski definition) is 0. The molecule has 0 aliphatic carbocycles. The van der Waals surface area contributed by atoms with E-state index in [1.165, 1.54) is 12.1 Å². The van der Waals surface area contributed by atoms with Gasteiger partial charge in [-0.1, -0.05) is 0 Å². The van der Waals surface area contributed by atoms with Gasteiger partial charge in [-0.2, -0.15) is 4.31 Å². The monoisotopic (exact) mass is 380 g/mol. The van der Waals surface area contributed by atoms with Crippen molar-refractivity contribution in [3.8, 4) is 0 Å². The highest BCUT2D eigenvalue weighted by Crippen LogP contribution is 2.26. The van der Waals surface area contributed by atoms with Crippen LogP contribution in [0.4, 0.5) is 0 Å². The molecule has 0 spiro atoms. The van der Waals surface area contributed by atoms with E-state index in [2.05, 4.69) is 22.6 Å². The molecular weight excluding hydrogens is 369 g/mol. The van der Waals surface area contributed by atoms with Crippen molar-refractivity contribution in [1.82, 2.24) is 4.31 Å². The quantitative estimate of drug-likeness (QED) is 0.702. The molecule has 0 unspecified atom stereocenters. The van der Waals surface area contributed by atoms with Gasteiger partial charge >= 0.3 is 0 Å².